The van der Waals surface area contributed by atoms with Crippen molar-refractivity contribution in [1.29, 1.82) is 0 Å². The third-order valence-corrected chi connectivity index (χ3v) is 3.40. The SMILES string of the molecule is C=Cc1nc(C2(OCC)CCCC(C)C2)no1. The van der Waals surface area contributed by atoms with Crippen molar-refractivity contribution >= 4 is 6.08 Å². The van der Waals surface area contributed by atoms with Crippen molar-refractivity contribution in [3.8, 4) is 0 Å². The van der Waals surface area contributed by atoms with Crippen LogP contribution in [0, 0.1) is 5.92 Å². The lowest BCUT2D eigenvalue weighted by molar-refractivity contribution is -0.0891. The minimum atomic E-state index is -0.350. The van der Waals surface area contributed by atoms with Gasteiger partial charge < -0.3 is 9.26 Å². The molecule has 4 heteroatoms. The molecular formula is C13H20N2O2. The van der Waals surface area contributed by atoms with Crippen molar-refractivity contribution in [2.24, 2.45) is 5.92 Å². The highest BCUT2D eigenvalue weighted by molar-refractivity contribution is 5.33. The van der Waals surface area contributed by atoms with Gasteiger partial charge in [-0.05, 0) is 38.2 Å². The molecule has 0 N–H and O–H groups in total. The van der Waals surface area contributed by atoms with Gasteiger partial charge in [0.25, 0.3) is 0 Å². The second kappa shape index (κ2) is 5.00. The molecule has 0 saturated heterocycles. The van der Waals surface area contributed by atoms with Crippen LogP contribution in [0.25, 0.3) is 6.08 Å². The summed E-state index contributed by atoms with van der Waals surface area (Å²) in [5, 5.41) is 4.05. The minimum absolute atomic E-state index is 0.350. The summed E-state index contributed by atoms with van der Waals surface area (Å²) in [5.41, 5.74) is -0.350. The van der Waals surface area contributed by atoms with Gasteiger partial charge in [-0.15, -0.1) is 0 Å². The number of aromatic nitrogens is 2. The Balaban J connectivity index is 2.29. The first-order valence-corrected chi connectivity index (χ1v) is 6.31. The van der Waals surface area contributed by atoms with Gasteiger partial charge in [0.2, 0.25) is 11.7 Å². The maximum atomic E-state index is 5.97. The van der Waals surface area contributed by atoms with Crippen molar-refractivity contribution in [3.63, 3.8) is 0 Å². The molecule has 0 spiro atoms. The predicted octanol–water partition coefficient (Wildman–Crippen LogP) is 3.15. The van der Waals surface area contributed by atoms with Gasteiger partial charge in [0.15, 0.2) is 0 Å². The summed E-state index contributed by atoms with van der Waals surface area (Å²) in [4.78, 5) is 4.36. The van der Waals surface area contributed by atoms with Crippen LogP contribution in [0.5, 0.6) is 0 Å². The van der Waals surface area contributed by atoms with Crippen molar-refractivity contribution in [3.05, 3.63) is 18.3 Å². The lowest BCUT2D eigenvalue weighted by Gasteiger charge is -2.37. The monoisotopic (exact) mass is 236 g/mol. The van der Waals surface area contributed by atoms with E-state index in [-0.39, 0.29) is 5.60 Å². The molecule has 2 rings (SSSR count). The molecule has 0 aliphatic heterocycles. The fraction of sp³-hybridized carbons (Fsp3) is 0.692. The van der Waals surface area contributed by atoms with Crippen LogP contribution in [0.15, 0.2) is 11.1 Å². The Bertz CT molecular complexity index is 385. The zero-order valence-electron chi connectivity index (χ0n) is 10.6. The third-order valence-electron chi connectivity index (χ3n) is 3.40. The van der Waals surface area contributed by atoms with Gasteiger partial charge in [0.1, 0.15) is 5.60 Å². The Morgan fingerprint density at radius 2 is 2.47 bits per heavy atom. The molecule has 0 amide bonds. The van der Waals surface area contributed by atoms with Crippen molar-refractivity contribution in [1.82, 2.24) is 10.1 Å². The van der Waals surface area contributed by atoms with Gasteiger partial charge in [0.05, 0.1) is 0 Å². The molecule has 1 saturated carbocycles. The highest BCUT2D eigenvalue weighted by Crippen LogP contribution is 2.41. The van der Waals surface area contributed by atoms with Gasteiger partial charge in [-0.25, -0.2) is 0 Å². The average molecular weight is 236 g/mol. The van der Waals surface area contributed by atoms with E-state index in [0.29, 0.717) is 24.2 Å². The van der Waals surface area contributed by atoms with Gasteiger partial charge in [-0.3, -0.25) is 0 Å². The van der Waals surface area contributed by atoms with E-state index in [9.17, 15) is 0 Å². The van der Waals surface area contributed by atoms with Gasteiger partial charge in [-0.2, -0.15) is 4.98 Å². The van der Waals surface area contributed by atoms with Gasteiger partial charge >= 0.3 is 0 Å². The molecule has 17 heavy (non-hydrogen) atoms. The smallest absolute Gasteiger partial charge is 0.250 e. The first-order valence-electron chi connectivity index (χ1n) is 6.31. The third kappa shape index (κ3) is 2.41. The summed E-state index contributed by atoms with van der Waals surface area (Å²) in [6.45, 7) is 8.57. The van der Waals surface area contributed by atoms with Crippen LogP contribution in [0.4, 0.5) is 0 Å². The standard InChI is InChI=1S/C13H20N2O2/c1-4-11-14-12(15-17-11)13(16-5-2)8-6-7-10(3)9-13/h4,10H,1,5-9H2,2-3H3. The molecule has 1 aliphatic rings. The zero-order chi connectivity index (χ0) is 12.3. The summed E-state index contributed by atoms with van der Waals surface area (Å²) < 4.78 is 11.1. The van der Waals surface area contributed by atoms with E-state index in [1.807, 2.05) is 6.92 Å². The molecule has 1 heterocycles. The Morgan fingerprint density at radius 3 is 3.06 bits per heavy atom. The normalized spacial score (nSPS) is 29.2. The molecule has 0 radical (unpaired) electrons. The van der Waals surface area contributed by atoms with Crippen LogP contribution in [-0.2, 0) is 10.3 Å². The molecule has 2 atom stereocenters. The van der Waals surface area contributed by atoms with Crippen LogP contribution in [0.2, 0.25) is 0 Å². The average Bonchev–Trinajstić information content (AvgIpc) is 2.78. The lowest BCUT2D eigenvalue weighted by Crippen LogP contribution is -2.36. The topological polar surface area (TPSA) is 48.2 Å². The van der Waals surface area contributed by atoms with E-state index < -0.39 is 0 Å². The summed E-state index contributed by atoms with van der Waals surface area (Å²) in [6, 6.07) is 0. The minimum Gasteiger partial charge on any atom is -0.367 e. The van der Waals surface area contributed by atoms with Crippen LogP contribution in [-0.4, -0.2) is 16.7 Å². The molecule has 1 aromatic heterocycles. The van der Waals surface area contributed by atoms with Gasteiger partial charge in [0, 0.05) is 6.61 Å². The summed E-state index contributed by atoms with van der Waals surface area (Å²) in [7, 11) is 0. The maximum Gasteiger partial charge on any atom is 0.250 e. The fourth-order valence-corrected chi connectivity index (χ4v) is 2.68. The molecule has 4 nitrogen and oxygen atoms in total. The lowest BCUT2D eigenvalue weighted by atomic mass is 9.78. The van der Waals surface area contributed by atoms with Crippen LogP contribution >= 0.6 is 0 Å². The second-order valence-corrected chi connectivity index (χ2v) is 4.79. The molecule has 1 aliphatic carbocycles. The highest BCUT2D eigenvalue weighted by Gasteiger charge is 2.41. The Morgan fingerprint density at radius 1 is 1.65 bits per heavy atom. The van der Waals surface area contributed by atoms with E-state index in [4.69, 9.17) is 9.26 Å². The van der Waals surface area contributed by atoms with Crippen LogP contribution < -0.4 is 0 Å². The van der Waals surface area contributed by atoms with Crippen molar-refractivity contribution in [2.75, 3.05) is 6.61 Å². The summed E-state index contributed by atoms with van der Waals surface area (Å²) >= 11 is 0. The molecular weight excluding hydrogens is 216 g/mol. The summed E-state index contributed by atoms with van der Waals surface area (Å²) in [5.74, 6) is 1.79. The predicted molar refractivity (Wildman–Crippen MR) is 65.3 cm³/mol. The fourth-order valence-electron chi connectivity index (χ4n) is 2.68. The Hall–Kier alpha value is -1.16. The van der Waals surface area contributed by atoms with E-state index in [0.717, 1.165) is 19.3 Å². The summed E-state index contributed by atoms with van der Waals surface area (Å²) in [6.07, 6.45) is 5.92. The van der Waals surface area contributed by atoms with Crippen molar-refractivity contribution in [2.45, 2.75) is 45.1 Å². The Labute approximate surface area is 102 Å². The molecule has 1 aromatic rings. The molecule has 0 bridgehead atoms. The van der Waals surface area contributed by atoms with E-state index >= 15 is 0 Å². The van der Waals surface area contributed by atoms with Crippen LogP contribution in [0.3, 0.4) is 0 Å². The van der Waals surface area contributed by atoms with Crippen LogP contribution in [0.1, 0.15) is 51.2 Å². The molecule has 1 fully saturated rings. The largest absolute Gasteiger partial charge is 0.367 e. The maximum absolute atomic E-state index is 5.97. The number of hydrogen-bond donors (Lipinski definition) is 0. The molecule has 94 valence electrons. The second-order valence-electron chi connectivity index (χ2n) is 4.79. The number of ether oxygens (including phenoxy) is 1. The van der Waals surface area contributed by atoms with Gasteiger partial charge in [-0.1, -0.05) is 25.1 Å². The van der Waals surface area contributed by atoms with Crippen molar-refractivity contribution < 1.29 is 9.26 Å². The molecule has 2 unspecified atom stereocenters. The zero-order valence-corrected chi connectivity index (χ0v) is 10.6. The van der Waals surface area contributed by atoms with E-state index in [1.165, 1.54) is 6.42 Å². The van der Waals surface area contributed by atoms with E-state index in [1.54, 1.807) is 6.08 Å². The highest BCUT2D eigenvalue weighted by atomic mass is 16.5. The first kappa shape index (κ1) is 12.3. The Kier molecular flexibility index (Phi) is 3.62. The number of nitrogens with zero attached hydrogens (tertiary/aromatic N) is 2. The first-order chi connectivity index (χ1) is 8.20. The number of rotatable bonds is 4. The molecule has 0 aromatic carbocycles. The van der Waals surface area contributed by atoms with E-state index in [2.05, 4.69) is 23.6 Å². The quantitative estimate of drug-likeness (QED) is 0.805. The number of hydrogen-bond acceptors (Lipinski definition) is 4.